The van der Waals surface area contributed by atoms with Gasteiger partial charge >= 0.3 is 6.18 Å². The first-order valence-electron chi connectivity index (χ1n) is 2.30. The summed E-state index contributed by atoms with van der Waals surface area (Å²) >= 11 is 9.75. The molecule has 0 saturated carbocycles. The Kier molecular flexibility index (Phi) is 3.73. The number of rotatable bonds is 2. The molecule has 0 aliphatic rings. The largest absolute Gasteiger partial charge is 0.421 e. The van der Waals surface area contributed by atoms with Crippen molar-refractivity contribution in [3.8, 4) is 0 Å². The lowest BCUT2D eigenvalue weighted by atomic mass is 10.3. The van der Waals surface area contributed by atoms with Crippen LogP contribution in [0.2, 0.25) is 0 Å². The zero-order chi connectivity index (χ0) is 8.36. The van der Waals surface area contributed by atoms with Gasteiger partial charge in [-0.2, -0.15) is 13.2 Å². The van der Waals surface area contributed by atoms with Crippen molar-refractivity contribution < 1.29 is 17.6 Å². The van der Waals surface area contributed by atoms with Gasteiger partial charge in [0.1, 0.15) is 0 Å². The third-order valence-corrected chi connectivity index (χ3v) is 1.64. The lowest BCUT2D eigenvalue weighted by Crippen LogP contribution is -2.33. The van der Waals surface area contributed by atoms with E-state index < -0.39 is 23.6 Å². The van der Waals surface area contributed by atoms with Gasteiger partial charge in [0.05, 0.1) is 5.38 Å². The summed E-state index contributed by atoms with van der Waals surface area (Å²) < 4.78 is 46.1. The van der Waals surface area contributed by atoms with Gasteiger partial charge in [-0.1, -0.05) is 0 Å². The second-order valence-electron chi connectivity index (χ2n) is 1.61. The first-order valence-corrected chi connectivity index (χ1v) is 3.27. The summed E-state index contributed by atoms with van der Waals surface area (Å²) in [4.78, 5) is 0. The molecule has 0 saturated heterocycles. The average molecular weight is 199 g/mol. The zero-order valence-corrected chi connectivity index (χ0v) is 6.14. The Morgan fingerprint density at radius 2 is 1.70 bits per heavy atom. The first-order chi connectivity index (χ1) is 4.39. The topological polar surface area (TPSA) is 0 Å². The number of hydrogen-bond acceptors (Lipinski definition) is 0. The summed E-state index contributed by atoms with van der Waals surface area (Å²) in [7, 11) is 0. The molecule has 0 aliphatic carbocycles. The molecule has 0 rings (SSSR count). The van der Waals surface area contributed by atoms with Crippen LogP contribution in [0.3, 0.4) is 0 Å². The fourth-order valence-corrected chi connectivity index (χ4v) is 0.583. The monoisotopic (exact) mass is 198 g/mol. The predicted octanol–water partition coefficient (Wildman–Crippen LogP) is 2.73. The summed E-state index contributed by atoms with van der Waals surface area (Å²) in [6.45, 7) is 0. The van der Waals surface area contributed by atoms with Crippen molar-refractivity contribution in [2.24, 2.45) is 0 Å². The van der Waals surface area contributed by atoms with Crippen LogP contribution in [0.15, 0.2) is 0 Å². The SMILES string of the molecule is FC(C(Cl)CCl)C(F)(F)F. The van der Waals surface area contributed by atoms with Crippen LogP contribution in [0.4, 0.5) is 17.6 Å². The van der Waals surface area contributed by atoms with Crippen LogP contribution < -0.4 is 0 Å². The molecule has 0 fully saturated rings. The molecule has 0 amide bonds. The highest BCUT2D eigenvalue weighted by Crippen LogP contribution is 2.28. The molecular formula is C4H4Cl2F4. The smallest absolute Gasteiger partial charge is 0.236 e. The van der Waals surface area contributed by atoms with E-state index in [1.54, 1.807) is 0 Å². The number of hydrogen-bond donors (Lipinski definition) is 0. The molecule has 0 N–H and O–H groups in total. The van der Waals surface area contributed by atoms with E-state index in [1.165, 1.54) is 0 Å². The summed E-state index contributed by atoms with van der Waals surface area (Å²) in [5, 5.41) is -1.69. The molecule has 0 aromatic carbocycles. The molecule has 0 nitrogen and oxygen atoms in total. The Balaban J connectivity index is 3.94. The summed E-state index contributed by atoms with van der Waals surface area (Å²) in [5.74, 6) is -0.553. The molecule has 0 aliphatic heterocycles. The quantitative estimate of drug-likeness (QED) is 0.473. The molecule has 62 valence electrons. The van der Waals surface area contributed by atoms with E-state index in [2.05, 4.69) is 0 Å². The van der Waals surface area contributed by atoms with E-state index in [1.807, 2.05) is 0 Å². The Morgan fingerprint density at radius 1 is 1.30 bits per heavy atom. The molecule has 0 radical (unpaired) electrons. The van der Waals surface area contributed by atoms with Crippen molar-refractivity contribution >= 4 is 23.2 Å². The van der Waals surface area contributed by atoms with Gasteiger partial charge in [-0.05, 0) is 0 Å². The fourth-order valence-electron chi connectivity index (χ4n) is 0.283. The van der Waals surface area contributed by atoms with Gasteiger partial charge in [0.15, 0.2) is 0 Å². The maximum Gasteiger partial charge on any atom is 0.421 e. The fraction of sp³-hybridized carbons (Fsp3) is 1.00. The minimum atomic E-state index is -4.90. The highest BCUT2D eigenvalue weighted by molar-refractivity contribution is 6.28. The van der Waals surface area contributed by atoms with Gasteiger partial charge in [-0.15, -0.1) is 23.2 Å². The van der Waals surface area contributed by atoms with Crippen LogP contribution in [0, 0.1) is 0 Å². The second-order valence-corrected chi connectivity index (χ2v) is 2.48. The summed E-state index contributed by atoms with van der Waals surface area (Å²) in [5.41, 5.74) is 0. The maximum atomic E-state index is 12.0. The Hall–Kier alpha value is 0.300. The molecule has 0 heterocycles. The lowest BCUT2D eigenvalue weighted by molar-refractivity contribution is -0.179. The van der Waals surface area contributed by atoms with E-state index in [4.69, 9.17) is 23.2 Å². The summed E-state index contributed by atoms with van der Waals surface area (Å²) in [6.07, 6.45) is -7.94. The minimum Gasteiger partial charge on any atom is -0.236 e. The van der Waals surface area contributed by atoms with Gasteiger partial charge in [-0.25, -0.2) is 4.39 Å². The van der Waals surface area contributed by atoms with Gasteiger partial charge in [0.25, 0.3) is 0 Å². The average Bonchev–Trinajstić information content (AvgIpc) is 1.83. The summed E-state index contributed by atoms with van der Waals surface area (Å²) in [6, 6.07) is 0. The molecule has 0 spiro atoms. The molecule has 6 heteroatoms. The molecule has 0 aromatic rings. The molecule has 2 unspecified atom stereocenters. The molecule has 2 atom stereocenters. The molecule has 10 heavy (non-hydrogen) atoms. The van der Waals surface area contributed by atoms with Gasteiger partial charge in [0.2, 0.25) is 6.17 Å². The van der Waals surface area contributed by atoms with Crippen molar-refractivity contribution in [1.29, 1.82) is 0 Å². The van der Waals surface area contributed by atoms with Crippen LogP contribution in [0.25, 0.3) is 0 Å². The van der Waals surface area contributed by atoms with Crippen molar-refractivity contribution in [2.75, 3.05) is 5.88 Å². The third-order valence-electron chi connectivity index (χ3n) is 0.778. The Morgan fingerprint density at radius 3 is 1.80 bits per heavy atom. The predicted molar refractivity (Wildman–Crippen MR) is 31.3 cm³/mol. The molecule has 0 aromatic heterocycles. The van der Waals surface area contributed by atoms with Crippen LogP contribution in [0.1, 0.15) is 0 Å². The minimum absolute atomic E-state index is 0.553. The molecular weight excluding hydrogens is 195 g/mol. The van der Waals surface area contributed by atoms with Crippen LogP contribution in [-0.4, -0.2) is 23.6 Å². The van der Waals surface area contributed by atoms with Crippen molar-refractivity contribution in [2.45, 2.75) is 17.7 Å². The molecule has 0 bridgehead atoms. The van der Waals surface area contributed by atoms with Gasteiger partial charge in [-0.3, -0.25) is 0 Å². The normalized spacial score (nSPS) is 18.6. The number of alkyl halides is 6. The van der Waals surface area contributed by atoms with Crippen LogP contribution >= 0.6 is 23.2 Å². The zero-order valence-electron chi connectivity index (χ0n) is 4.63. The third kappa shape index (κ3) is 2.92. The van der Waals surface area contributed by atoms with Crippen molar-refractivity contribution in [3.63, 3.8) is 0 Å². The lowest BCUT2D eigenvalue weighted by Gasteiger charge is -2.14. The van der Waals surface area contributed by atoms with E-state index in [0.717, 1.165) is 0 Å². The standard InChI is InChI=1S/C4H4Cl2F4/c5-1-2(6)3(7)4(8,9)10/h2-3H,1H2. The van der Waals surface area contributed by atoms with Crippen LogP contribution in [0.5, 0.6) is 0 Å². The Bertz CT molecular complexity index is 102. The number of halogens is 6. The van der Waals surface area contributed by atoms with Crippen LogP contribution in [-0.2, 0) is 0 Å². The highest BCUT2D eigenvalue weighted by Gasteiger charge is 2.44. The van der Waals surface area contributed by atoms with E-state index in [-0.39, 0.29) is 0 Å². The van der Waals surface area contributed by atoms with E-state index in [9.17, 15) is 17.6 Å². The van der Waals surface area contributed by atoms with E-state index >= 15 is 0 Å². The van der Waals surface area contributed by atoms with Gasteiger partial charge in [0, 0.05) is 5.88 Å². The van der Waals surface area contributed by atoms with Crippen molar-refractivity contribution in [1.82, 2.24) is 0 Å². The maximum absolute atomic E-state index is 12.0. The van der Waals surface area contributed by atoms with Crippen molar-refractivity contribution in [3.05, 3.63) is 0 Å². The van der Waals surface area contributed by atoms with E-state index in [0.29, 0.717) is 0 Å². The highest BCUT2D eigenvalue weighted by atomic mass is 35.5. The Labute approximate surface area is 65.1 Å². The second kappa shape index (κ2) is 3.62. The van der Waals surface area contributed by atoms with Gasteiger partial charge < -0.3 is 0 Å². The first kappa shape index (κ1) is 10.3.